The van der Waals surface area contributed by atoms with Gasteiger partial charge in [-0.15, -0.1) is 0 Å². The van der Waals surface area contributed by atoms with Gasteiger partial charge in [-0.3, -0.25) is 14.2 Å². The minimum atomic E-state index is -0.257. The molecule has 2 aliphatic rings. The molecule has 1 amide bonds. The molecule has 230 valence electrons. The molecule has 2 aromatic heterocycles. The highest BCUT2D eigenvalue weighted by molar-refractivity contribution is 6.35. The average molecular weight is 635 g/mol. The van der Waals surface area contributed by atoms with Gasteiger partial charge in [0.25, 0.3) is 5.56 Å². The smallest absolute Gasteiger partial charge is 0.260 e. The van der Waals surface area contributed by atoms with Gasteiger partial charge in [0.05, 0.1) is 11.6 Å². The van der Waals surface area contributed by atoms with E-state index < -0.39 is 0 Å². The van der Waals surface area contributed by atoms with Crippen molar-refractivity contribution in [3.8, 4) is 11.1 Å². The molecule has 0 saturated carbocycles. The number of rotatable bonds is 5. The molecule has 11 heteroatoms. The number of halogens is 2. The topological polar surface area (TPSA) is 86.6 Å². The number of likely N-dealkylation sites (tertiary alicyclic amines) is 1. The summed E-state index contributed by atoms with van der Waals surface area (Å²) in [6, 6.07) is 11.2. The molecule has 0 bridgehead atoms. The van der Waals surface area contributed by atoms with Crippen molar-refractivity contribution in [2.75, 3.05) is 56.5 Å². The Kier molecular flexibility index (Phi) is 8.55. The first-order valence-corrected chi connectivity index (χ1v) is 15.8. The minimum absolute atomic E-state index is 0.00959. The van der Waals surface area contributed by atoms with Gasteiger partial charge < -0.3 is 20.0 Å². The number of hydrogen-bond donors (Lipinski definition) is 1. The number of hydrogen-bond acceptors (Lipinski definition) is 7. The van der Waals surface area contributed by atoms with Crippen molar-refractivity contribution in [2.24, 2.45) is 0 Å². The molecule has 2 aliphatic heterocycles. The Morgan fingerprint density at radius 1 is 1.02 bits per heavy atom. The fourth-order valence-electron chi connectivity index (χ4n) is 6.45. The summed E-state index contributed by atoms with van der Waals surface area (Å²) in [7, 11) is 2.16. The third-order valence-electron chi connectivity index (χ3n) is 8.91. The summed E-state index contributed by atoms with van der Waals surface area (Å²) >= 11 is 13.0. The van der Waals surface area contributed by atoms with E-state index in [1.54, 1.807) is 40.8 Å². The minimum Gasteiger partial charge on any atom is -0.369 e. The van der Waals surface area contributed by atoms with Gasteiger partial charge in [-0.25, -0.2) is 4.98 Å². The first-order chi connectivity index (χ1) is 21.1. The molecular formula is C33H37Cl2N7O2. The number of amides is 1. The van der Waals surface area contributed by atoms with E-state index in [0.717, 1.165) is 55.7 Å². The lowest BCUT2D eigenvalue weighted by Crippen LogP contribution is -2.44. The number of pyridine rings is 1. The Morgan fingerprint density at radius 3 is 2.52 bits per heavy atom. The van der Waals surface area contributed by atoms with Crippen LogP contribution in [0.3, 0.4) is 0 Å². The SMILES string of the molecule is CC(=O)N1CCCC(n2c(=O)c(-c3cc(Cl)ccc3Cl)c(C)c3cnc(Nc4ccc(N5CCN(C)CC5)c(C)c4)nc32)C1. The standard InChI is InChI=1S/C33H37Cl2N7O2/c1-20-16-24(8-10-29(20)40-14-12-39(4)13-15-40)37-33-36-18-27-21(2)30(26-17-23(34)7-9-28(26)35)32(44)42(31(27)38-33)25-6-5-11-41(19-25)22(3)43/h7-10,16-18,25H,5-6,11-15,19H2,1-4H3,(H,36,37,38). The van der Waals surface area contributed by atoms with E-state index in [2.05, 4.69) is 46.2 Å². The molecule has 1 unspecified atom stereocenters. The molecule has 1 N–H and O–H groups in total. The Hall–Kier alpha value is -3.66. The molecule has 0 aliphatic carbocycles. The molecule has 6 rings (SSSR count). The number of piperazine rings is 1. The monoisotopic (exact) mass is 633 g/mol. The maximum absolute atomic E-state index is 14.4. The van der Waals surface area contributed by atoms with E-state index >= 15 is 0 Å². The summed E-state index contributed by atoms with van der Waals surface area (Å²) in [6.07, 6.45) is 3.29. The van der Waals surface area contributed by atoms with Gasteiger partial charge >= 0.3 is 0 Å². The highest BCUT2D eigenvalue weighted by Gasteiger charge is 2.28. The summed E-state index contributed by atoms with van der Waals surface area (Å²) in [4.78, 5) is 42.9. The van der Waals surface area contributed by atoms with Gasteiger partial charge in [0.2, 0.25) is 11.9 Å². The lowest BCUT2D eigenvalue weighted by atomic mass is 9.98. The van der Waals surface area contributed by atoms with E-state index in [4.69, 9.17) is 28.2 Å². The van der Waals surface area contributed by atoms with Crippen LogP contribution in [-0.2, 0) is 4.79 Å². The Labute approximate surface area is 267 Å². The van der Waals surface area contributed by atoms with Crippen LogP contribution in [0.15, 0.2) is 47.4 Å². The number of nitrogens with zero attached hydrogens (tertiary/aromatic N) is 6. The highest BCUT2D eigenvalue weighted by Crippen LogP contribution is 2.35. The fraction of sp³-hybridized carbons (Fsp3) is 0.394. The predicted octanol–water partition coefficient (Wildman–Crippen LogP) is 6.06. The predicted molar refractivity (Wildman–Crippen MR) is 179 cm³/mol. The van der Waals surface area contributed by atoms with E-state index in [0.29, 0.717) is 45.9 Å². The van der Waals surface area contributed by atoms with Crippen molar-refractivity contribution >= 4 is 57.5 Å². The van der Waals surface area contributed by atoms with E-state index in [9.17, 15) is 9.59 Å². The van der Waals surface area contributed by atoms with Crippen LogP contribution in [-0.4, -0.2) is 76.6 Å². The molecule has 4 heterocycles. The summed E-state index contributed by atoms with van der Waals surface area (Å²) in [5, 5.41) is 5.02. The van der Waals surface area contributed by atoms with Crippen LogP contribution in [0.5, 0.6) is 0 Å². The van der Waals surface area contributed by atoms with Gasteiger partial charge in [-0.1, -0.05) is 23.2 Å². The second kappa shape index (κ2) is 12.4. The van der Waals surface area contributed by atoms with E-state index in [-0.39, 0.29) is 17.5 Å². The summed E-state index contributed by atoms with van der Waals surface area (Å²) < 4.78 is 1.73. The molecule has 1 atom stereocenters. The quantitative estimate of drug-likeness (QED) is 0.286. The largest absolute Gasteiger partial charge is 0.369 e. The Bertz CT molecular complexity index is 1800. The highest BCUT2D eigenvalue weighted by atomic mass is 35.5. The maximum atomic E-state index is 14.4. The number of aryl methyl sites for hydroxylation is 2. The van der Waals surface area contributed by atoms with Crippen LogP contribution in [0.25, 0.3) is 22.2 Å². The molecule has 0 spiro atoms. The van der Waals surface area contributed by atoms with Crippen LogP contribution in [0.1, 0.15) is 36.9 Å². The number of likely N-dealkylation sites (N-methyl/N-ethyl adjacent to an activating group) is 1. The zero-order valence-corrected chi connectivity index (χ0v) is 27.0. The number of anilines is 3. The van der Waals surface area contributed by atoms with Crippen LogP contribution in [0.2, 0.25) is 10.0 Å². The van der Waals surface area contributed by atoms with Crippen molar-refractivity contribution < 1.29 is 4.79 Å². The lowest BCUT2D eigenvalue weighted by molar-refractivity contribution is -0.130. The molecule has 9 nitrogen and oxygen atoms in total. The van der Waals surface area contributed by atoms with Gasteiger partial charge in [-0.2, -0.15) is 4.98 Å². The number of benzene rings is 2. The van der Waals surface area contributed by atoms with Crippen LogP contribution in [0, 0.1) is 13.8 Å². The molecule has 2 fully saturated rings. The third-order valence-corrected chi connectivity index (χ3v) is 9.47. The second-order valence-corrected chi connectivity index (χ2v) is 12.8. The number of aromatic nitrogens is 3. The molecule has 4 aromatic rings. The van der Waals surface area contributed by atoms with Crippen molar-refractivity contribution in [3.63, 3.8) is 0 Å². The zero-order valence-electron chi connectivity index (χ0n) is 25.5. The van der Waals surface area contributed by atoms with Crippen molar-refractivity contribution in [2.45, 2.75) is 39.7 Å². The number of carbonyl (C=O) groups is 1. The molecule has 44 heavy (non-hydrogen) atoms. The molecule has 2 saturated heterocycles. The fourth-order valence-corrected chi connectivity index (χ4v) is 6.84. The van der Waals surface area contributed by atoms with E-state index in [1.165, 1.54) is 11.3 Å². The Morgan fingerprint density at radius 2 is 1.80 bits per heavy atom. The number of nitrogens with one attached hydrogen (secondary N) is 1. The summed E-state index contributed by atoms with van der Waals surface area (Å²) in [6.45, 7) is 10.8. The Balaban J connectivity index is 1.43. The molecular weight excluding hydrogens is 597 g/mol. The molecule has 0 radical (unpaired) electrons. The third kappa shape index (κ3) is 5.88. The van der Waals surface area contributed by atoms with Crippen LogP contribution >= 0.6 is 23.2 Å². The number of fused-ring (bicyclic) bond motifs is 1. The lowest BCUT2D eigenvalue weighted by Gasteiger charge is -2.35. The van der Waals surface area contributed by atoms with Crippen LogP contribution < -0.4 is 15.8 Å². The van der Waals surface area contributed by atoms with Gasteiger partial charge in [0.1, 0.15) is 5.65 Å². The van der Waals surface area contributed by atoms with Gasteiger partial charge in [-0.05, 0) is 81.3 Å². The van der Waals surface area contributed by atoms with Crippen molar-refractivity contribution in [1.82, 2.24) is 24.3 Å². The van der Waals surface area contributed by atoms with Gasteiger partial charge in [0.15, 0.2) is 0 Å². The first-order valence-electron chi connectivity index (χ1n) is 15.0. The summed E-state index contributed by atoms with van der Waals surface area (Å²) in [5.74, 6) is 0.384. The van der Waals surface area contributed by atoms with Crippen molar-refractivity contribution in [1.29, 1.82) is 0 Å². The zero-order chi connectivity index (χ0) is 31.1. The summed E-state index contributed by atoms with van der Waals surface area (Å²) in [5.41, 5.74) is 5.32. The van der Waals surface area contributed by atoms with E-state index in [1.807, 2.05) is 13.0 Å². The maximum Gasteiger partial charge on any atom is 0.260 e. The van der Waals surface area contributed by atoms with Crippen LogP contribution in [0.4, 0.5) is 17.3 Å². The van der Waals surface area contributed by atoms with Crippen molar-refractivity contribution in [3.05, 3.63) is 74.1 Å². The molecule has 2 aromatic carbocycles. The number of piperidine rings is 1. The normalized spacial score (nSPS) is 17.7. The number of carbonyl (C=O) groups excluding carboxylic acids is 1. The average Bonchev–Trinajstić information content (AvgIpc) is 3.00. The van der Waals surface area contributed by atoms with Gasteiger partial charge in [0, 0.05) is 84.8 Å². The first kappa shape index (κ1) is 30.4. The second-order valence-electron chi connectivity index (χ2n) is 11.9.